The quantitative estimate of drug-likeness (QED) is 0.0376. The van der Waals surface area contributed by atoms with E-state index >= 15 is 0 Å². The Kier molecular flexibility index (Phi) is 31.2. The second-order valence-corrected chi connectivity index (χ2v) is 32.5. The Bertz CT molecular complexity index is 8270. The summed E-state index contributed by atoms with van der Waals surface area (Å²) in [5.74, 6) is -7.75. The fourth-order valence-corrected chi connectivity index (χ4v) is 14.1. The SMILES string of the molecule is C=C(c1ccc(NC(=O)Cn2cnc3c2c(=O)n(C)c(=O)n3C)cc1Cl)C(C)(F)F.CC(F)C(F)(F)Oc1ccc(NC(=O)Cn2cnc3c2c(=O)n(C)c(=O)n3C)cc1.CCC(F)(F)Oc1ccc(NC(=O)Cn2cnc3c2c(=O)n(C)c(=O)n3C)cc1.Cc1c(F)cc(NC(=O)Cn2cnc3c2c(=O)n(C)c(=O)n3C)cc1F.Cc1ccc(NC(=O)Cn2cnc3c2c(=O)n(C)c(=O)n3C)cc1C(F)(F)F.[HH].[HH].[HH].[HH]. The van der Waals surface area contributed by atoms with Gasteiger partial charge in [0, 0.05) is 135 Å². The first-order chi connectivity index (χ1) is 66.7. The number of hydrogen-bond acceptors (Lipinski definition) is 22. The van der Waals surface area contributed by atoms with E-state index in [-0.39, 0.29) is 150 Å². The van der Waals surface area contributed by atoms with Gasteiger partial charge in [-0.2, -0.15) is 30.7 Å². The second-order valence-electron chi connectivity index (χ2n) is 32.1. The monoisotopic (exact) mass is 2040 g/mol. The summed E-state index contributed by atoms with van der Waals surface area (Å²) >= 11 is 6.07. The molecule has 5 aromatic carbocycles. The van der Waals surface area contributed by atoms with Crippen LogP contribution in [0.2, 0.25) is 5.02 Å². The molecule has 143 heavy (non-hydrogen) atoms. The minimum atomic E-state index is -4.54. The fraction of sp³-hybridized carbons (Fsp3) is 0.295. The van der Waals surface area contributed by atoms with Crippen LogP contribution in [0.15, 0.2) is 183 Å². The molecule has 0 saturated heterocycles. The number of aromatic nitrogens is 20. The third kappa shape index (κ3) is 23.3. The van der Waals surface area contributed by atoms with Crippen LogP contribution < -0.4 is 92.3 Å². The van der Waals surface area contributed by atoms with Crippen molar-refractivity contribution in [1.29, 1.82) is 0 Å². The minimum absolute atomic E-state index is 0. The molecule has 0 bridgehead atoms. The average molecular weight is 2040 g/mol. The maximum Gasteiger partial charge on any atom is 0.429 e. The van der Waals surface area contributed by atoms with Crippen LogP contribution >= 0.6 is 11.6 Å². The van der Waals surface area contributed by atoms with Gasteiger partial charge in [-0.05, 0) is 111 Å². The highest BCUT2D eigenvalue weighted by atomic mass is 35.5. The summed E-state index contributed by atoms with van der Waals surface area (Å²) < 4.78 is 185. The predicted molar refractivity (Wildman–Crippen MR) is 506 cm³/mol. The second kappa shape index (κ2) is 42.0. The summed E-state index contributed by atoms with van der Waals surface area (Å²) in [6.07, 6.45) is -8.40. The summed E-state index contributed by atoms with van der Waals surface area (Å²) in [7, 11) is 13.9. The van der Waals surface area contributed by atoms with Crippen molar-refractivity contribution in [2.45, 2.75) is 104 Å². The standard InChI is InChI=1S/C19H18ClF2N5O3.C18H18F3N5O4.C18H19F2N5O4.C17H16F3N5O3.C16H15F2N5O3.4H2/c1-10(19(2,21)22)12-6-5-11(7-13(12)20)24-14(28)8-27-9-23-16-15(27)17(29)26(4)18(30)25(16)3;1-10(19)18(20,21)30-12-6-4-11(5-7-12)23-13(27)8-26-9-22-15-14(26)16(28)25(3)17(29)24(15)2;1-4-18(19,20)29-12-7-5-11(6-8-12)22-13(26)9-25-10-21-15-14(25)16(27)24(3)17(28)23(15)2;1-9-4-5-10(6-11(9)17(18,19)20)22-12(26)7-25-8-21-14-13(25)15(27)24(3)16(28)23(14)2;1-8-10(17)4-9(5-11(8)18)20-12(24)6-23-7-19-14-13(23)15(25)22(3)16(26)21(14)2;;;;/h5-7,9H,1,8H2,2-4H3,(H,24,28);4-7,9-10H,8H2,1-3H3,(H,23,27);5-8,10H,4,9H2,1-3H3,(H,22,26);4-6,8H,7H2,1-3H3,(H,22,26);4-5,7H,6H2,1-3H3,(H,20,24);4*1H. The molecule has 55 heteroatoms. The van der Waals surface area contributed by atoms with Gasteiger partial charge in [0.2, 0.25) is 35.7 Å². The molecule has 1 unspecified atom stereocenters. The zero-order chi connectivity index (χ0) is 106. The summed E-state index contributed by atoms with van der Waals surface area (Å²) in [6, 6.07) is 20.0. The van der Waals surface area contributed by atoms with E-state index < -0.39 is 145 Å². The van der Waals surface area contributed by atoms with E-state index in [1.165, 1.54) is 235 Å². The van der Waals surface area contributed by atoms with Gasteiger partial charge in [0.05, 0.1) is 42.2 Å². The number of ether oxygens (including phenoxy) is 2. The summed E-state index contributed by atoms with van der Waals surface area (Å²) in [4.78, 5) is 203. The summed E-state index contributed by atoms with van der Waals surface area (Å²) in [5, 5.41) is 12.5. The van der Waals surface area contributed by atoms with Crippen molar-refractivity contribution in [3.63, 3.8) is 0 Å². The Labute approximate surface area is 804 Å². The number of imidazole rings is 5. The maximum absolute atomic E-state index is 13.6. The number of fused-ring (bicyclic) bond motifs is 5. The number of alkyl halides is 10. The summed E-state index contributed by atoms with van der Waals surface area (Å²) in [5.41, 5.74) is -4.98. The van der Waals surface area contributed by atoms with Crippen molar-refractivity contribution in [3.05, 3.63) is 278 Å². The van der Waals surface area contributed by atoms with E-state index in [0.717, 1.165) is 60.1 Å². The molecule has 0 aliphatic rings. The molecule has 10 heterocycles. The molecule has 0 fully saturated rings. The normalized spacial score (nSPS) is 11.8. The van der Waals surface area contributed by atoms with Crippen molar-refractivity contribution >= 4 is 131 Å². The zero-order valence-corrected chi connectivity index (χ0v) is 78.7. The van der Waals surface area contributed by atoms with E-state index in [9.17, 15) is 125 Å². The van der Waals surface area contributed by atoms with Crippen molar-refractivity contribution < 1.29 is 91.8 Å². The van der Waals surface area contributed by atoms with Gasteiger partial charge in [-0.25, -0.2) is 70.8 Å². The Morgan fingerprint density at radius 2 is 0.664 bits per heavy atom. The number of carbonyl (C=O) groups is 5. The number of rotatable bonds is 23. The first-order valence-electron chi connectivity index (χ1n) is 41.8. The Balaban J connectivity index is 0.000000247. The van der Waals surface area contributed by atoms with Crippen molar-refractivity contribution in [2.24, 2.45) is 70.5 Å². The van der Waals surface area contributed by atoms with Gasteiger partial charge in [0.25, 0.3) is 33.7 Å². The number of benzene rings is 5. The highest BCUT2D eigenvalue weighted by Gasteiger charge is 2.40. The average Bonchev–Trinajstić information content (AvgIpc) is 1.56. The molecule has 0 aliphatic carbocycles. The van der Waals surface area contributed by atoms with Gasteiger partial charge in [0.1, 0.15) is 55.9 Å². The number of allylic oxidation sites excluding steroid dienone is 1. The number of nitrogens with one attached hydrogen (secondary N) is 5. The largest absolute Gasteiger partial charge is 0.433 e. The van der Waals surface area contributed by atoms with Crippen LogP contribution in [0.3, 0.4) is 0 Å². The topological polar surface area (TPSA) is 473 Å². The van der Waals surface area contributed by atoms with E-state index in [4.69, 9.17) is 11.6 Å². The highest BCUT2D eigenvalue weighted by molar-refractivity contribution is 6.32. The zero-order valence-electron chi connectivity index (χ0n) is 77.9. The molecule has 0 saturated carbocycles. The third-order valence-corrected chi connectivity index (χ3v) is 22.1. The van der Waals surface area contributed by atoms with E-state index in [1.807, 2.05) is 0 Å². The number of carbonyl (C=O) groups excluding carboxylic acids is 5. The van der Waals surface area contributed by atoms with Crippen molar-refractivity contribution in [1.82, 2.24) is 93.4 Å². The number of amides is 5. The number of nitrogens with zero attached hydrogens (tertiary/aromatic N) is 20. The van der Waals surface area contributed by atoms with Crippen LogP contribution in [0.4, 0.5) is 81.1 Å². The van der Waals surface area contributed by atoms with Gasteiger partial charge >= 0.3 is 46.8 Å². The molecular formula is C88H94ClF12N25O17. The lowest BCUT2D eigenvalue weighted by molar-refractivity contribution is -0.215. The molecular weight excluding hydrogens is 1940 g/mol. The molecule has 5 N–H and O–H groups in total. The summed E-state index contributed by atoms with van der Waals surface area (Å²) in [6.45, 7) is 7.24. The van der Waals surface area contributed by atoms with Crippen LogP contribution in [-0.2, 0) is 133 Å². The van der Waals surface area contributed by atoms with Gasteiger partial charge in [-0.15, -0.1) is 0 Å². The number of aryl methyl sites for hydroxylation is 6. The first-order valence-corrected chi connectivity index (χ1v) is 42.2. The molecule has 1 atom stereocenters. The van der Waals surface area contributed by atoms with Gasteiger partial charge in [-0.1, -0.05) is 37.2 Å². The highest BCUT2D eigenvalue weighted by Crippen LogP contribution is 2.37. The maximum atomic E-state index is 13.6. The van der Waals surface area contributed by atoms with Crippen molar-refractivity contribution in [2.75, 3.05) is 26.6 Å². The number of anilines is 5. The smallest absolute Gasteiger partial charge is 0.429 e. The molecule has 764 valence electrons. The Morgan fingerprint density at radius 1 is 0.399 bits per heavy atom. The van der Waals surface area contributed by atoms with Gasteiger partial charge < -0.3 is 58.9 Å². The molecule has 0 spiro atoms. The lowest BCUT2D eigenvalue weighted by Crippen LogP contribution is -2.37. The van der Waals surface area contributed by atoms with Crippen molar-refractivity contribution in [3.8, 4) is 11.5 Å². The minimum Gasteiger partial charge on any atom is -0.433 e. The molecule has 10 aromatic heterocycles. The molecule has 0 aliphatic heterocycles. The van der Waals surface area contributed by atoms with E-state index in [0.29, 0.717) is 12.6 Å². The van der Waals surface area contributed by atoms with E-state index in [2.05, 4.69) is 67.6 Å². The number of hydrogen-bond donors (Lipinski definition) is 5. The lowest BCUT2D eigenvalue weighted by Gasteiger charge is -2.19. The molecule has 0 radical (unpaired) electrons. The Morgan fingerprint density at radius 3 is 0.937 bits per heavy atom. The number of halogens is 13. The van der Waals surface area contributed by atoms with Crippen LogP contribution in [0, 0.1) is 25.5 Å². The van der Waals surface area contributed by atoms with Crippen LogP contribution in [0.25, 0.3) is 61.4 Å². The molecule has 5 amide bonds. The van der Waals surface area contributed by atoms with E-state index in [1.54, 1.807) is 0 Å². The van der Waals surface area contributed by atoms with Gasteiger partial charge in [0.15, 0.2) is 55.8 Å². The van der Waals surface area contributed by atoms with Crippen LogP contribution in [-0.4, -0.2) is 147 Å². The predicted octanol–water partition coefficient (Wildman–Crippen LogP) is 8.29. The Hall–Kier alpha value is -17.0. The third-order valence-electron chi connectivity index (χ3n) is 21.8. The first kappa shape index (κ1) is 106. The molecule has 15 rings (SSSR count). The fourth-order valence-electron chi connectivity index (χ4n) is 13.9. The lowest BCUT2D eigenvalue weighted by atomic mass is 10.0. The molecule has 42 nitrogen and oxygen atoms in total. The van der Waals surface area contributed by atoms with Crippen LogP contribution in [0.5, 0.6) is 11.5 Å². The van der Waals surface area contributed by atoms with Gasteiger partial charge in [-0.3, -0.25) is 93.6 Å². The van der Waals surface area contributed by atoms with Crippen LogP contribution in [0.1, 0.15) is 55.2 Å². The molecule has 15 aromatic rings.